The summed E-state index contributed by atoms with van der Waals surface area (Å²) in [5, 5.41) is 10.4. The van der Waals surface area contributed by atoms with Crippen molar-refractivity contribution < 1.29 is 5.11 Å². The van der Waals surface area contributed by atoms with Crippen molar-refractivity contribution in [3.63, 3.8) is 0 Å². The van der Waals surface area contributed by atoms with E-state index in [0.717, 1.165) is 14.9 Å². The van der Waals surface area contributed by atoms with Crippen LogP contribution in [0.2, 0.25) is 0 Å². The van der Waals surface area contributed by atoms with Gasteiger partial charge >= 0.3 is 0 Å². The number of aliphatic hydroxyl groups is 1. The highest BCUT2D eigenvalue weighted by atomic mass is 79.9. The van der Waals surface area contributed by atoms with Crippen molar-refractivity contribution in [2.75, 3.05) is 0 Å². The Labute approximate surface area is 107 Å². The van der Waals surface area contributed by atoms with Crippen molar-refractivity contribution in [2.45, 2.75) is 18.9 Å². The third-order valence-electron chi connectivity index (χ3n) is 2.47. The maximum absolute atomic E-state index is 10.4. The summed E-state index contributed by atoms with van der Waals surface area (Å²) in [6, 6.07) is 7.75. The summed E-state index contributed by atoms with van der Waals surface area (Å²) >= 11 is 4.95. The summed E-state index contributed by atoms with van der Waals surface area (Å²) in [7, 11) is 0. The van der Waals surface area contributed by atoms with Crippen LogP contribution in [-0.2, 0) is 12.0 Å². The van der Waals surface area contributed by atoms with Crippen molar-refractivity contribution in [1.29, 1.82) is 0 Å². The van der Waals surface area contributed by atoms with Gasteiger partial charge in [0.2, 0.25) is 0 Å². The standard InChI is InChI=1S/C12H12BrNOS/c1-12(15,6-11-7-14-8-16-11)9-2-4-10(13)5-3-9/h2-5,7-8,15H,6H2,1H3. The molecule has 0 aliphatic rings. The Kier molecular flexibility index (Phi) is 3.42. The van der Waals surface area contributed by atoms with Gasteiger partial charge in [0.05, 0.1) is 11.1 Å². The summed E-state index contributed by atoms with van der Waals surface area (Å²) in [4.78, 5) is 5.10. The highest BCUT2D eigenvalue weighted by molar-refractivity contribution is 9.10. The fourth-order valence-corrected chi connectivity index (χ4v) is 2.59. The summed E-state index contributed by atoms with van der Waals surface area (Å²) in [5.41, 5.74) is 1.87. The van der Waals surface area contributed by atoms with Crippen LogP contribution in [0.5, 0.6) is 0 Å². The Bertz CT molecular complexity index is 450. The molecule has 16 heavy (non-hydrogen) atoms. The first-order valence-corrected chi connectivity index (χ1v) is 6.61. The van der Waals surface area contributed by atoms with E-state index in [1.165, 1.54) is 0 Å². The average molecular weight is 298 g/mol. The second-order valence-corrected chi connectivity index (χ2v) is 5.81. The number of benzene rings is 1. The lowest BCUT2D eigenvalue weighted by Crippen LogP contribution is -2.23. The number of halogens is 1. The number of rotatable bonds is 3. The Hall–Kier alpha value is -0.710. The van der Waals surface area contributed by atoms with Gasteiger partial charge in [0.1, 0.15) is 0 Å². The lowest BCUT2D eigenvalue weighted by Gasteiger charge is -2.23. The minimum Gasteiger partial charge on any atom is -0.385 e. The predicted octanol–water partition coefficient (Wildman–Crippen LogP) is 3.36. The Morgan fingerprint density at radius 2 is 2.06 bits per heavy atom. The molecule has 4 heteroatoms. The fraction of sp³-hybridized carbons (Fsp3) is 0.250. The number of hydrogen-bond donors (Lipinski definition) is 1. The maximum atomic E-state index is 10.4. The second kappa shape index (κ2) is 4.65. The average Bonchev–Trinajstić information content (AvgIpc) is 2.70. The molecule has 0 saturated heterocycles. The summed E-state index contributed by atoms with van der Waals surface area (Å²) in [5.74, 6) is 0. The van der Waals surface area contributed by atoms with E-state index in [4.69, 9.17) is 0 Å². The quantitative estimate of drug-likeness (QED) is 0.942. The summed E-state index contributed by atoms with van der Waals surface area (Å²) in [6.45, 7) is 1.83. The van der Waals surface area contributed by atoms with Crippen molar-refractivity contribution >= 4 is 27.3 Å². The van der Waals surface area contributed by atoms with E-state index in [2.05, 4.69) is 20.9 Å². The highest BCUT2D eigenvalue weighted by Gasteiger charge is 2.23. The van der Waals surface area contributed by atoms with Gasteiger partial charge in [0, 0.05) is 22.0 Å². The molecule has 0 saturated carbocycles. The van der Waals surface area contributed by atoms with Gasteiger partial charge in [0.25, 0.3) is 0 Å². The van der Waals surface area contributed by atoms with Crippen LogP contribution in [0.3, 0.4) is 0 Å². The zero-order valence-corrected chi connectivity index (χ0v) is 11.3. The molecule has 1 aromatic carbocycles. The van der Waals surface area contributed by atoms with Gasteiger partial charge in [-0.05, 0) is 24.6 Å². The topological polar surface area (TPSA) is 33.1 Å². The maximum Gasteiger partial charge on any atom is 0.0917 e. The van der Waals surface area contributed by atoms with E-state index in [0.29, 0.717) is 6.42 Å². The Morgan fingerprint density at radius 1 is 1.38 bits per heavy atom. The molecule has 0 radical (unpaired) electrons. The van der Waals surface area contributed by atoms with Crippen LogP contribution in [0.4, 0.5) is 0 Å². The second-order valence-electron chi connectivity index (χ2n) is 3.93. The zero-order chi connectivity index (χ0) is 11.6. The lowest BCUT2D eigenvalue weighted by molar-refractivity contribution is 0.0584. The highest BCUT2D eigenvalue weighted by Crippen LogP contribution is 2.27. The zero-order valence-electron chi connectivity index (χ0n) is 8.85. The third kappa shape index (κ3) is 2.70. The molecule has 2 rings (SSSR count). The van der Waals surface area contributed by atoms with Crippen molar-refractivity contribution in [3.05, 3.63) is 50.9 Å². The molecule has 2 nitrogen and oxygen atoms in total. The molecule has 1 heterocycles. The first-order chi connectivity index (χ1) is 7.58. The van der Waals surface area contributed by atoms with E-state index in [1.807, 2.05) is 31.2 Å². The molecule has 0 bridgehead atoms. The molecule has 2 aromatic rings. The molecule has 0 spiro atoms. The summed E-state index contributed by atoms with van der Waals surface area (Å²) in [6.07, 6.45) is 2.40. The van der Waals surface area contributed by atoms with E-state index in [-0.39, 0.29) is 0 Å². The van der Waals surface area contributed by atoms with Gasteiger partial charge in [-0.25, -0.2) is 0 Å². The van der Waals surface area contributed by atoms with E-state index >= 15 is 0 Å². The van der Waals surface area contributed by atoms with E-state index < -0.39 is 5.60 Å². The van der Waals surface area contributed by atoms with Crippen LogP contribution >= 0.6 is 27.3 Å². The van der Waals surface area contributed by atoms with Crippen LogP contribution in [0.25, 0.3) is 0 Å². The molecular weight excluding hydrogens is 286 g/mol. The fourth-order valence-electron chi connectivity index (χ4n) is 1.58. The molecule has 1 N–H and O–H groups in total. The molecule has 0 fully saturated rings. The van der Waals surface area contributed by atoms with E-state index in [1.54, 1.807) is 23.0 Å². The predicted molar refractivity (Wildman–Crippen MR) is 69.5 cm³/mol. The molecule has 0 amide bonds. The Morgan fingerprint density at radius 3 is 2.62 bits per heavy atom. The van der Waals surface area contributed by atoms with Crippen LogP contribution in [0.15, 0.2) is 40.4 Å². The molecule has 1 aromatic heterocycles. The minimum atomic E-state index is -0.840. The Balaban J connectivity index is 2.21. The molecule has 0 aliphatic heterocycles. The van der Waals surface area contributed by atoms with Crippen LogP contribution in [-0.4, -0.2) is 10.1 Å². The summed E-state index contributed by atoms with van der Waals surface area (Å²) < 4.78 is 1.02. The first kappa shape index (κ1) is 11.8. The SMILES string of the molecule is CC(O)(Cc1cncs1)c1ccc(Br)cc1. The first-order valence-electron chi connectivity index (χ1n) is 4.94. The van der Waals surface area contributed by atoms with Gasteiger partial charge in [-0.3, -0.25) is 4.98 Å². The van der Waals surface area contributed by atoms with Crippen LogP contribution in [0.1, 0.15) is 17.4 Å². The molecule has 1 atom stereocenters. The van der Waals surface area contributed by atoms with Gasteiger partial charge in [-0.2, -0.15) is 0 Å². The normalized spacial score (nSPS) is 14.7. The third-order valence-corrected chi connectivity index (χ3v) is 3.78. The van der Waals surface area contributed by atoms with Gasteiger partial charge in [0.15, 0.2) is 0 Å². The molecule has 1 unspecified atom stereocenters. The number of hydrogen-bond acceptors (Lipinski definition) is 3. The number of thiazole rings is 1. The van der Waals surface area contributed by atoms with Gasteiger partial charge in [-0.15, -0.1) is 11.3 Å². The van der Waals surface area contributed by atoms with Crippen LogP contribution < -0.4 is 0 Å². The van der Waals surface area contributed by atoms with E-state index in [9.17, 15) is 5.11 Å². The monoisotopic (exact) mass is 297 g/mol. The van der Waals surface area contributed by atoms with Crippen molar-refractivity contribution in [3.8, 4) is 0 Å². The lowest BCUT2D eigenvalue weighted by atomic mass is 9.92. The molecular formula is C12H12BrNOS. The van der Waals surface area contributed by atoms with Crippen molar-refractivity contribution in [2.24, 2.45) is 0 Å². The van der Waals surface area contributed by atoms with Crippen molar-refractivity contribution in [1.82, 2.24) is 4.98 Å². The molecule has 0 aliphatic carbocycles. The minimum absolute atomic E-state index is 0.597. The smallest absolute Gasteiger partial charge is 0.0917 e. The number of aromatic nitrogens is 1. The molecule has 84 valence electrons. The van der Waals surface area contributed by atoms with Gasteiger partial charge in [-0.1, -0.05) is 28.1 Å². The van der Waals surface area contributed by atoms with Crippen LogP contribution in [0, 0.1) is 0 Å². The largest absolute Gasteiger partial charge is 0.385 e. The van der Waals surface area contributed by atoms with Gasteiger partial charge < -0.3 is 5.11 Å². The number of nitrogens with zero attached hydrogens (tertiary/aromatic N) is 1.